The summed E-state index contributed by atoms with van der Waals surface area (Å²) >= 11 is 1.47. The molecule has 1 unspecified atom stereocenters. The Kier molecular flexibility index (Phi) is 6.87. The maximum atomic E-state index is 12.3. The molecule has 142 valence electrons. The number of anilines is 1. The van der Waals surface area contributed by atoms with Crippen LogP contribution in [0.1, 0.15) is 22.8 Å². The summed E-state index contributed by atoms with van der Waals surface area (Å²) in [5.41, 5.74) is 2.13. The number of esters is 1. The number of nitrogens with one attached hydrogen (secondary N) is 1. The highest BCUT2D eigenvalue weighted by molar-refractivity contribution is 8.00. The standard InChI is InChI=1S/C23H21NO3S/c1-17(28-21-10-6-3-7-11-21)23(26)27-16-18-12-14-19(15-13-18)22(25)24-20-8-4-2-5-9-20/h2-15,17H,16H2,1H3,(H,24,25). The molecule has 3 aromatic rings. The summed E-state index contributed by atoms with van der Waals surface area (Å²) in [5, 5.41) is 2.55. The lowest BCUT2D eigenvalue weighted by Gasteiger charge is -2.11. The Balaban J connectivity index is 1.50. The number of hydrogen-bond donors (Lipinski definition) is 1. The van der Waals surface area contributed by atoms with E-state index in [0.717, 1.165) is 16.1 Å². The summed E-state index contributed by atoms with van der Waals surface area (Å²) in [4.78, 5) is 25.5. The highest BCUT2D eigenvalue weighted by Crippen LogP contribution is 2.23. The van der Waals surface area contributed by atoms with Gasteiger partial charge in [0.15, 0.2) is 0 Å². The van der Waals surface area contributed by atoms with Gasteiger partial charge in [0.2, 0.25) is 0 Å². The lowest BCUT2D eigenvalue weighted by molar-refractivity contribution is -0.143. The van der Waals surface area contributed by atoms with Gasteiger partial charge in [0.05, 0.1) is 0 Å². The van der Waals surface area contributed by atoms with Crippen LogP contribution in [0.2, 0.25) is 0 Å². The second-order valence-corrected chi connectivity index (χ2v) is 7.61. The van der Waals surface area contributed by atoms with Gasteiger partial charge in [-0.2, -0.15) is 0 Å². The minimum atomic E-state index is -0.293. The predicted octanol–water partition coefficient (Wildman–Crippen LogP) is 5.16. The van der Waals surface area contributed by atoms with Gasteiger partial charge in [0.25, 0.3) is 5.91 Å². The summed E-state index contributed by atoms with van der Waals surface area (Å²) in [5.74, 6) is -0.442. The Morgan fingerprint density at radius 3 is 2.14 bits per heavy atom. The van der Waals surface area contributed by atoms with E-state index in [9.17, 15) is 9.59 Å². The smallest absolute Gasteiger partial charge is 0.319 e. The number of carbonyl (C=O) groups excluding carboxylic acids is 2. The van der Waals surface area contributed by atoms with Gasteiger partial charge in [-0.05, 0) is 48.9 Å². The minimum Gasteiger partial charge on any atom is -0.460 e. The molecule has 4 nitrogen and oxygen atoms in total. The van der Waals surface area contributed by atoms with Crippen LogP contribution in [0, 0.1) is 0 Å². The molecule has 0 bridgehead atoms. The monoisotopic (exact) mass is 391 g/mol. The summed E-state index contributed by atoms with van der Waals surface area (Å²) in [6.07, 6.45) is 0. The van der Waals surface area contributed by atoms with E-state index in [1.54, 1.807) is 24.3 Å². The number of ether oxygens (including phenoxy) is 1. The summed E-state index contributed by atoms with van der Waals surface area (Å²) in [6, 6.07) is 26.1. The van der Waals surface area contributed by atoms with E-state index in [1.807, 2.05) is 67.6 Å². The van der Waals surface area contributed by atoms with Gasteiger partial charge < -0.3 is 10.1 Å². The molecule has 0 spiro atoms. The third-order valence-electron chi connectivity index (χ3n) is 4.02. The molecule has 0 saturated carbocycles. The Morgan fingerprint density at radius 1 is 0.893 bits per heavy atom. The van der Waals surface area contributed by atoms with Crippen LogP contribution in [-0.2, 0) is 16.1 Å². The zero-order valence-electron chi connectivity index (χ0n) is 15.5. The predicted molar refractivity (Wildman–Crippen MR) is 112 cm³/mol. The second-order valence-electron chi connectivity index (χ2n) is 6.20. The highest BCUT2D eigenvalue weighted by atomic mass is 32.2. The zero-order chi connectivity index (χ0) is 19.8. The fourth-order valence-corrected chi connectivity index (χ4v) is 3.39. The van der Waals surface area contributed by atoms with Crippen LogP contribution < -0.4 is 5.32 Å². The lowest BCUT2D eigenvalue weighted by Crippen LogP contribution is -2.16. The SMILES string of the molecule is CC(Sc1ccccc1)C(=O)OCc1ccc(C(=O)Nc2ccccc2)cc1. The summed E-state index contributed by atoms with van der Waals surface area (Å²) in [6.45, 7) is 2.01. The molecule has 1 amide bonds. The Labute approximate surface area is 168 Å². The number of rotatable bonds is 7. The van der Waals surface area contributed by atoms with Crippen molar-refractivity contribution in [1.82, 2.24) is 0 Å². The first-order chi connectivity index (χ1) is 13.6. The van der Waals surface area contributed by atoms with Gasteiger partial charge in [-0.1, -0.05) is 48.5 Å². The van der Waals surface area contributed by atoms with Gasteiger partial charge >= 0.3 is 5.97 Å². The third-order valence-corrected chi connectivity index (χ3v) is 5.11. The van der Waals surface area contributed by atoms with Crippen LogP contribution in [-0.4, -0.2) is 17.1 Å². The Bertz CT molecular complexity index is 912. The normalized spacial score (nSPS) is 11.5. The molecule has 0 aliphatic rings. The number of thioether (sulfide) groups is 1. The average Bonchev–Trinajstić information content (AvgIpc) is 2.73. The van der Waals surface area contributed by atoms with Crippen LogP contribution in [0.3, 0.4) is 0 Å². The quantitative estimate of drug-likeness (QED) is 0.446. The van der Waals surface area contributed by atoms with Gasteiger partial charge in [0.1, 0.15) is 11.9 Å². The molecule has 1 N–H and O–H groups in total. The van der Waals surface area contributed by atoms with Gasteiger partial charge in [-0.3, -0.25) is 9.59 Å². The minimum absolute atomic E-state index is 0.178. The van der Waals surface area contributed by atoms with Crippen LogP contribution >= 0.6 is 11.8 Å². The molecule has 5 heteroatoms. The van der Waals surface area contributed by atoms with Crippen LogP contribution in [0.25, 0.3) is 0 Å². The van der Waals surface area contributed by atoms with E-state index < -0.39 is 0 Å². The molecular weight excluding hydrogens is 370 g/mol. The topological polar surface area (TPSA) is 55.4 Å². The number of para-hydroxylation sites is 1. The molecule has 3 rings (SSSR count). The summed E-state index contributed by atoms with van der Waals surface area (Å²) < 4.78 is 5.40. The maximum Gasteiger partial charge on any atom is 0.319 e. The molecule has 3 aromatic carbocycles. The van der Waals surface area contributed by atoms with Crippen molar-refractivity contribution in [1.29, 1.82) is 0 Å². The number of benzene rings is 3. The highest BCUT2D eigenvalue weighted by Gasteiger charge is 2.16. The van der Waals surface area contributed by atoms with Crippen LogP contribution in [0.5, 0.6) is 0 Å². The van der Waals surface area contributed by atoms with E-state index in [2.05, 4.69) is 5.32 Å². The molecular formula is C23H21NO3S. The van der Waals surface area contributed by atoms with E-state index in [-0.39, 0.29) is 23.7 Å². The van der Waals surface area contributed by atoms with Crippen LogP contribution in [0.15, 0.2) is 89.8 Å². The second kappa shape index (κ2) is 9.76. The van der Waals surface area contributed by atoms with Crippen molar-refractivity contribution in [3.8, 4) is 0 Å². The van der Waals surface area contributed by atoms with Crippen molar-refractivity contribution in [3.63, 3.8) is 0 Å². The number of hydrogen-bond acceptors (Lipinski definition) is 4. The van der Waals surface area contributed by atoms with E-state index >= 15 is 0 Å². The fraction of sp³-hybridized carbons (Fsp3) is 0.130. The van der Waals surface area contributed by atoms with Crippen molar-refractivity contribution in [3.05, 3.63) is 96.1 Å². The van der Waals surface area contributed by atoms with Gasteiger partial charge in [-0.25, -0.2) is 0 Å². The molecule has 0 aromatic heterocycles. The Hall–Kier alpha value is -3.05. The third kappa shape index (κ3) is 5.72. The average molecular weight is 391 g/mol. The van der Waals surface area contributed by atoms with Crippen LogP contribution in [0.4, 0.5) is 5.69 Å². The largest absolute Gasteiger partial charge is 0.460 e. The van der Waals surface area contributed by atoms with E-state index in [1.165, 1.54) is 11.8 Å². The molecule has 1 atom stereocenters. The van der Waals surface area contributed by atoms with E-state index in [4.69, 9.17) is 4.74 Å². The van der Waals surface area contributed by atoms with Crippen molar-refractivity contribution in [2.24, 2.45) is 0 Å². The lowest BCUT2D eigenvalue weighted by atomic mass is 10.1. The molecule has 0 heterocycles. The Morgan fingerprint density at radius 2 is 1.50 bits per heavy atom. The van der Waals surface area contributed by atoms with Crippen molar-refractivity contribution < 1.29 is 14.3 Å². The van der Waals surface area contributed by atoms with Gasteiger partial charge in [0, 0.05) is 16.1 Å². The zero-order valence-corrected chi connectivity index (χ0v) is 16.3. The van der Waals surface area contributed by atoms with Crippen molar-refractivity contribution in [2.75, 3.05) is 5.32 Å². The fourth-order valence-electron chi connectivity index (χ4n) is 2.50. The molecule has 0 aliphatic carbocycles. The molecule has 28 heavy (non-hydrogen) atoms. The van der Waals surface area contributed by atoms with Gasteiger partial charge in [-0.15, -0.1) is 11.8 Å². The first-order valence-electron chi connectivity index (χ1n) is 8.95. The molecule has 0 radical (unpaired) electrons. The van der Waals surface area contributed by atoms with Crippen molar-refractivity contribution >= 4 is 29.3 Å². The maximum absolute atomic E-state index is 12.3. The first-order valence-corrected chi connectivity index (χ1v) is 9.83. The van der Waals surface area contributed by atoms with Crippen molar-refractivity contribution in [2.45, 2.75) is 23.7 Å². The molecule has 0 aliphatic heterocycles. The molecule has 0 saturated heterocycles. The molecule has 0 fully saturated rings. The first kappa shape index (κ1) is 19.7. The summed E-state index contributed by atoms with van der Waals surface area (Å²) in [7, 11) is 0. The van der Waals surface area contributed by atoms with E-state index in [0.29, 0.717) is 5.56 Å². The number of carbonyl (C=O) groups is 2. The number of amides is 1.